The number of hydrogen-bond donors (Lipinski definition) is 0. The summed E-state index contributed by atoms with van der Waals surface area (Å²) in [6, 6.07) is 65.1. The van der Waals surface area contributed by atoms with Crippen LogP contribution in [0.5, 0.6) is 0 Å². The summed E-state index contributed by atoms with van der Waals surface area (Å²) >= 11 is 0. The maximum absolute atomic E-state index is 12.9. The van der Waals surface area contributed by atoms with Gasteiger partial charge in [-0.2, -0.15) is 0 Å². The highest BCUT2D eigenvalue weighted by Crippen LogP contribution is 2.63. The largest absolute Gasteiger partial charge is 0.319 e. The predicted octanol–water partition coefficient (Wildman–Crippen LogP) is 13.1. The summed E-state index contributed by atoms with van der Waals surface area (Å²) < 4.78 is 12.9. The van der Waals surface area contributed by atoms with Gasteiger partial charge in [-0.15, -0.1) is 0 Å². The van der Waals surface area contributed by atoms with Crippen molar-refractivity contribution >= 4 is 44.8 Å². The van der Waals surface area contributed by atoms with Crippen molar-refractivity contribution in [2.75, 3.05) is 13.3 Å². The molecule has 250 valence electrons. The van der Waals surface area contributed by atoms with Gasteiger partial charge in [0, 0.05) is 5.30 Å². The predicted molar refractivity (Wildman–Crippen MR) is 225 cm³/mol. The van der Waals surface area contributed by atoms with Gasteiger partial charge in [-0.1, -0.05) is 158 Å². The monoisotopic (exact) mass is 694 g/mol. The highest BCUT2D eigenvalue weighted by molar-refractivity contribution is 7.70. The fourth-order valence-corrected chi connectivity index (χ4v) is 10.6. The molecule has 2 aliphatic carbocycles. The molecule has 0 unspecified atom stereocenters. The minimum atomic E-state index is -2.36. The van der Waals surface area contributed by atoms with E-state index in [4.69, 9.17) is 0 Å². The fourth-order valence-electron chi connectivity index (χ4n) is 9.72. The van der Waals surface area contributed by atoms with E-state index in [2.05, 4.69) is 164 Å². The van der Waals surface area contributed by atoms with Crippen molar-refractivity contribution in [3.05, 3.63) is 198 Å². The van der Waals surface area contributed by atoms with E-state index in [1.54, 1.807) is 0 Å². The van der Waals surface area contributed by atoms with Crippen molar-refractivity contribution in [1.29, 1.82) is 0 Å². The van der Waals surface area contributed by atoms with Crippen LogP contribution in [0.3, 0.4) is 0 Å². The summed E-state index contributed by atoms with van der Waals surface area (Å²) in [6.07, 6.45) is 0. The van der Waals surface area contributed by atoms with Crippen LogP contribution >= 0.6 is 7.14 Å². The molecule has 9 aromatic rings. The zero-order chi connectivity index (χ0) is 35.5. The molecule has 9 aromatic carbocycles. The smallest absolute Gasteiger partial charge is 0.109 e. The first-order valence-corrected chi connectivity index (χ1v) is 21.0. The highest BCUT2D eigenvalue weighted by atomic mass is 31.2. The van der Waals surface area contributed by atoms with Gasteiger partial charge in [0.1, 0.15) is 7.14 Å². The van der Waals surface area contributed by atoms with Gasteiger partial charge < -0.3 is 4.57 Å². The molecule has 2 heteroatoms. The van der Waals surface area contributed by atoms with Crippen LogP contribution in [0.1, 0.15) is 22.3 Å². The number of hydrogen-bond acceptors (Lipinski definition) is 1. The zero-order valence-electron chi connectivity index (χ0n) is 29.6. The van der Waals surface area contributed by atoms with Gasteiger partial charge in [-0.3, -0.25) is 0 Å². The molecular weight excluding hydrogens is 660 g/mol. The van der Waals surface area contributed by atoms with E-state index in [0.717, 1.165) is 10.9 Å². The summed E-state index contributed by atoms with van der Waals surface area (Å²) in [5, 5.41) is 8.31. The lowest BCUT2D eigenvalue weighted by atomic mass is 9.70. The maximum atomic E-state index is 12.9. The normalized spacial score (nSPS) is 13.7. The van der Waals surface area contributed by atoms with E-state index >= 15 is 0 Å². The molecular formula is C51H35OP. The van der Waals surface area contributed by atoms with Gasteiger partial charge in [0.05, 0.1) is 5.41 Å². The van der Waals surface area contributed by atoms with Crippen molar-refractivity contribution in [1.82, 2.24) is 0 Å². The molecule has 53 heavy (non-hydrogen) atoms. The standard InChI is InChI=1S/C51H35OP/c1-53(2,52)36-26-23-32(24-27-36)49-39-17-5-7-19-41(39)50(42-20-8-6-18-40(42)49)35-25-28-47-43(30-35)44-29-33-13-3-4-14-34(33)31-48(44)51(47)45-21-11-9-15-37(45)38-16-10-12-22-46(38)51/h3-31H,1-2H3. The third kappa shape index (κ3) is 4.18. The van der Waals surface area contributed by atoms with E-state index in [1.807, 2.05) is 25.5 Å². The summed E-state index contributed by atoms with van der Waals surface area (Å²) in [7, 11) is -2.36. The molecule has 0 atom stereocenters. The Kier molecular flexibility index (Phi) is 6.35. The Hall–Kier alpha value is -6.01. The van der Waals surface area contributed by atoms with E-state index in [0.29, 0.717) is 0 Å². The molecule has 0 N–H and O–H groups in total. The number of benzene rings is 9. The Morgan fingerprint density at radius 2 is 0.811 bits per heavy atom. The average molecular weight is 695 g/mol. The van der Waals surface area contributed by atoms with E-state index in [-0.39, 0.29) is 0 Å². The maximum Gasteiger partial charge on any atom is 0.109 e. The Morgan fingerprint density at radius 3 is 1.38 bits per heavy atom. The topological polar surface area (TPSA) is 17.1 Å². The van der Waals surface area contributed by atoms with Crippen LogP contribution in [0.4, 0.5) is 0 Å². The van der Waals surface area contributed by atoms with Crippen LogP contribution in [0.15, 0.2) is 176 Å². The molecule has 1 nitrogen and oxygen atoms in total. The van der Waals surface area contributed by atoms with Crippen LogP contribution in [-0.4, -0.2) is 13.3 Å². The van der Waals surface area contributed by atoms with Crippen LogP contribution in [-0.2, 0) is 9.98 Å². The molecule has 0 aliphatic heterocycles. The van der Waals surface area contributed by atoms with Gasteiger partial charge in [-0.25, -0.2) is 0 Å². The third-order valence-corrected chi connectivity index (χ3v) is 13.5. The second-order valence-corrected chi connectivity index (χ2v) is 18.3. The van der Waals surface area contributed by atoms with E-state index < -0.39 is 12.6 Å². The lowest BCUT2D eigenvalue weighted by Gasteiger charge is -2.30. The van der Waals surface area contributed by atoms with Gasteiger partial charge in [0.15, 0.2) is 0 Å². The van der Waals surface area contributed by atoms with Crippen molar-refractivity contribution in [2.24, 2.45) is 0 Å². The molecule has 0 bridgehead atoms. The Balaban J connectivity index is 1.22. The average Bonchev–Trinajstić information content (AvgIpc) is 3.65. The third-order valence-electron chi connectivity index (χ3n) is 12.0. The first kappa shape index (κ1) is 30.6. The summed E-state index contributed by atoms with van der Waals surface area (Å²) in [5.41, 5.74) is 15.1. The van der Waals surface area contributed by atoms with Gasteiger partial charge in [0.2, 0.25) is 0 Å². The molecule has 2 aliphatic rings. The van der Waals surface area contributed by atoms with Crippen LogP contribution < -0.4 is 5.30 Å². The molecule has 0 aromatic heterocycles. The highest BCUT2D eigenvalue weighted by Gasteiger charge is 2.51. The molecule has 0 radical (unpaired) electrons. The van der Waals surface area contributed by atoms with Gasteiger partial charge in [-0.05, 0) is 131 Å². The Morgan fingerprint density at radius 1 is 0.377 bits per heavy atom. The fraction of sp³-hybridized carbons (Fsp3) is 0.0588. The van der Waals surface area contributed by atoms with Crippen molar-refractivity contribution in [2.45, 2.75) is 5.41 Å². The summed E-state index contributed by atoms with van der Waals surface area (Å²) in [4.78, 5) is 0. The molecule has 1 spiro atoms. The van der Waals surface area contributed by atoms with Gasteiger partial charge >= 0.3 is 0 Å². The molecule has 0 saturated carbocycles. The molecule has 11 rings (SSSR count). The second kappa shape index (κ2) is 11.0. The minimum Gasteiger partial charge on any atom is -0.319 e. The van der Waals surface area contributed by atoms with Crippen molar-refractivity contribution in [3.63, 3.8) is 0 Å². The summed E-state index contributed by atoms with van der Waals surface area (Å²) in [6.45, 7) is 3.68. The first-order valence-electron chi connectivity index (χ1n) is 18.4. The second-order valence-electron chi connectivity index (χ2n) is 15.1. The van der Waals surface area contributed by atoms with Crippen molar-refractivity contribution < 1.29 is 4.57 Å². The SMILES string of the molecule is CP(C)(=O)c1ccc(-c2c3ccccc3c(-c3ccc4c(c3)-c3cc5ccccc5cc3C43c4ccccc4-c4ccccc43)c3ccccc23)cc1. The molecule has 0 fully saturated rings. The lowest BCUT2D eigenvalue weighted by Crippen LogP contribution is -2.25. The Bertz CT molecular complexity index is 2950. The molecule has 0 heterocycles. The molecule has 0 saturated heterocycles. The first-order chi connectivity index (χ1) is 25.9. The Labute approximate surface area is 309 Å². The zero-order valence-corrected chi connectivity index (χ0v) is 30.5. The lowest BCUT2D eigenvalue weighted by molar-refractivity contribution is 0.588. The van der Waals surface area contributed by atoms with E-state index in [9.17, 15) is 4.57 Å². The van der Waals surface area contributed by atoms with E-state index in [1.165, 1.54) is 93.5 Å². The molecule has 0 amide bonds. The van der Waals surface area contributed by atoms with Crippen molar-refractivity contribution in [3.8, 4) is 44.5 Å². The summed E-state index contributed by atoms with van der Waals surface area (Å²) in [5.74, 6) is 0. The minimum absolute atomic E-state index is 0.401. The number of rotatable bonds is 3. The van der Waals surface area contributed by atoms with Gasteiger partial charge in [0.25, 0.3) is 0 Å². The van der Waals surface area contributed by atoms with Crippen LogP contribution in [0.2, 0.25) is 0 Å². The number of fused-ring (bicyclic) bond motifs is 13. The van der Waals surface area contributed by atoms with Crippen LogP contribution in [0, 0.1) is 0 Å². The quantitative estimate of drug-likeness (QED) is 0.133. The van der Waals surface area contributed by atoms with Crippen LogP contribution in [0.25, 0.3) is 76.8 Å².